The van der Waals surface area contributed by atoms with E-state index in [0.29, 0.717) is 6.54 Å². The number of nitrogens with zero attached hydrogens (tertiary/aromatic N) is 2. The lowest BCUT2D eigenvalue weighted by molar-refractivity contribution is -0.898. The summed E-state index contributed by atoms with van der Waals surface area (Å²) in [5.41, 5.74) is 6.30. The number of anilines is 1. The van der Waals surface area contributed by atoms with Gasteiger partial charge in [0.2, 0.25) is 0 Å². The number of amides is 1. The van der Waals surface area contributed by atoms with Crippen molar-refractivity contribution >= 4 is 11.6 Å². The number of hydrogen-bond donors (Lipinski definition) is 2. The van der Waals surface area contributed by atoms with Crippen LogP contribution in [-0.4, -0.2) is 35.3 Å². The maximum absolute atomic E-state index is 12.8. The molecule has 162 valence electrons. The summed E-state index contributed by atoms with van der Waals surface area (Å²) in [6.07, 6.45) is 3.51. The highest BCUT2D eigenvalue weighted by molar-refractivity contribution is 5.92. The molecule has 2 aromatic carbocycles. The number of carbonyl (C=O) groups is 1. The van der Waals surface area contributed by atoms with Crippen LogP contribution in [-0.2, 0) is 11.2 Å². The molecule has 1 fully saturated rings. The molecule has 0 bridgehead atoms. The predicted octanol–water partition coefficient (Wildman–Crippen LogP) is 3.27. The maximum atomic E-state index is 12.8. The van der Waals surface area contributed by atoms with Crippen LogP contribution in [0.1, 0.15) is 35.4 Å². The third-order valence-corrected chi connectivity index (χ3v) is 6.42. The van der Waals surface area contributed by atoms with E-state index in [0.717, 1.165) is 48.2 Å². The summed E-state index contributed by atoms with van der Waals surface area (Å²) in [6, 6.07) is 19.0. The number of rotatable bonds is 6. The van der Waals surface area contributed by atoms with E-state index in [1.165, 1.54) is 28.9 Å². The number of benzene rings is 2. The molecule has 0 saturated carbocycles. The van der Waals surface area contributed by atoms with E-state index in [2.05, 4.69) is 71.9 Å². The zero-order chi connectivity index (χ0) is 21.8. The molecule has 1 saturated heterocycles. The van der Waals surface area contributed by atoms with Crippen molar-refractivity contribution in [1.29, 1.82) is 0 Å². The highest BCUT2D eigenvalue weighted by Gasteiger charge is 2.25. The van der Waals surface area contributed by atoms with Crippen molar-refractivity contribution in [2.75, 3.05) is 25.0 Å². The lowest BCUT2D eigenvalue weighted by Gasteiger charge is -2.29. The van der Waals surface area contributed by atoms with Crippen molar-refractivity contribution in [1.82, 2.24) is 9.78 Å². The van der Waals surface area contributed by atoms with Crippen molar-refractivity contribution in [3.63, 3.8) is 0 Å². The Morgan fingerprint density at radius 2 is 1.71 bits per heavy atom. The van der Waals surface area contributed by atoms with Crippen LogP contribution in [0.2, 0.25) is 0 Å². The second-order valence-electron chi connectivity index (χ2n) is 8.90. The Morgan fingerprint density at radius 1 is 1.03 bits per heavy atom. The van der Waals surface area contributed by atoms with Crippen molar-refractivity contribution in [3.8, 4) is 5.69 Å². The number of carbonyl (C=O) groups excluding carboxylic acids is 1. The van der Waals surface area contributed by atoms with Crippen LogP contribution in [0.25, 0.3) is 5.69 Å². The number of aromatic nitrogens is 2. The van der Waals surface area contributed by atoms with Crippen molar-refractivity contribution in [3.05, 3.63) is 77.1 Å². The van der Waals surface area contributed by atoms with Crippen molar-refractivity contribution in [2.45, 2.75) is 40.0 Å². The fourth-order valence-electron chi connectivity index (χ4n) is 4.59. The zero-order valence-electron chi connectivity index (χ0n) is 18.8. The molecule has 1 aromatic heterocycles. The molecular weight excluding hydrogens is 384 g/mol. The second kappa shape index (κ2) is 9.48. The fourth-order valence-corrected chi connectivity index (χ4v) is 4.59. The maximum Gasteiger partial charge on any atom is 0.279 e. The highest BCUT2D eigenvalue weighted by Crippen LogP contribution is 2.23. The van der Waals surface area contributed by atoms with Gasteiger partial charge in [0.05, 0.1) is 35.9 Å². The minimum atomic E-state index is 0.0752. The van der Waals surface area contributed by atoms with Gasteiger partial charge in [0, 0.05) is 0 Å². The van der Waals surface area contributed by atoms with E-state index in [1.54, 1.807) is 0 Å². The minimum Gasteiger partial charge on any atom is -0.327 e. The van der Waals surface area contributed by atoms with Crippen LogP contribution < -0.4 is 10.2 Å². The number of hydrogen-bond acceptors (Lipinski definition) is 2. The summed E-state index contributed by atoms with van der Waals surface area (Å²) in [5, 5.41) is 7.79. The Morgan fingerprint density at radius 3 is 2.39 bits per heavy atom. The van der Waals surface area contributed by atoms with Gasteiger partial charge >= 0.3 is 0 Å². The molecule has 31 heavy (non-hydrogen) atoms. The van der Waals surface area contributed by atoms with Gasteiger partial charge in [-0.25, -0.2) is 4.68 Å². The molecule has 1 amide bonds. The van der Waals surface area contributed by atoms with Gasteiger partial charge in [-0.2, -0.15) is 5.10 Å². The third-order valence-electron chi connectivity index (χ3n) is 6.42. The molecule has 0 aliphatic carbocycles. The van der Waals surface area contributed by atoms with Crippen LogP contribution in [0.5, 0.6) is 0 Å². The van der Waals surface area contributed by atoms with Crippen LogP contribution in [0.15, 0.2) is 54.6 Å². The molecule has 1 aliphatic heterocycles. The molecule has 0 radical (unpaired) electrons. The minimum absolute atomic E-state index is 0.0752. The van der Waals surface area contributed by atoms with E-state index in [4.69, 9.17) is 0 Å². The van der Waals surface area contributed by atoms with Gasteiger partial charge in [-0.3, -0.25) is 4.79 Å². The number of piperidine rings is 1. The van der Waals surface area contributed by atoms with Crippen molar-refractivity contribution < 1.29 is 9.69 Å². The summed E-state index contributed by atoms with van der Waals surface area (Å²) in [7, 11) is 0. The van der Waals surface area contributed by atoms with E-state index >= 15 is 0 Å². The topological polar surface area (TPSA) is 51.4 Å². The predicted molar refractivity (Wildman–Crippen MR) is 125 cm³/mol. The number of quaternary nitrogens is 1. The first-order chi connectivity index (χ1) is 15.0. The Kier molecular flexibility index (Phi) is 6.52. The highest BCUT2D eigenvalue weighted by atomic mass is 16.2. The standard InChI is InChI=1S/C26H32N4O/c1-19-9-11-24(12-10-19)30-21(3)26(20(2)28-30)27-25(31)18-29-15-13-23(14-16-29)17-22-7-5-4-6-8-22/h4-12,23H,13-18H2,1-3H3,(H,27,31)/p+1. The first-order valence-corrected chi connectivity index (χ1v) is 11.3. The lowest BCUT2D eigenvalue weighted by Crippen LogP contribution is -3.14. The van der Waals surface area contributed by atoms with E-state index < -0.39 is 0 Å². The van der Waals surface area contributed by atoms with Crippen LogP contribution in [0, 0.1) is 26.7 Å². The Balaban J connectivity index is 1.32. The average Bonchev–Trinajstić information content (AvgIpc) is 3.05. The fraction of sp³-hybridized carbons (Fsp3) is 0.385. The summed E-state index contributed by atoms with van der Waals surface area (Å²) in [5.74, 6) is 0.803. The molecule has 5 nitrogen and oxygen atoms in total. The average molecular weight is 418 g/mol. The van der Waals surface area contributed by atoms with Gasteiger partial charge in [0.1, 0.15) is 0 Å². The summed E-state index contributed by atoms with van der Waals surface area (Å²) < 4.78 is 1.91. The molecule has 0 atom stereocenters. The molecule has 3 aromatic rings. The van der Waals surface area contributed by atoms with Gasteiger partial charge in [-0.15, -0.1) is 0 Å². The molecule has 2 heterocycles. The van der Waals surface area contributed by atoms with Gasteiger partial charge in [-0.05, 0) is 63.6 Å². The molecular formula is C26H33N4O+. The summed E-state index contributed by atoms with van der Waals surface area (Å²) >= 11 is 0. The molecule has 4 rings (SSSR count). The number of nitrogens with one attached hydrogen (secondary N) is 2. The smallest absolute Gasteiger partial charge is 0.279 e. The van der Waals surface area contributed by atoms with Crippen LogP contribution in [0.4, 0.5) is 5.69 Å². The first kappa shape index (κ1) is 21.3. The monoisotopic (exact) mass is 417 g/mol. The van der Waals surface area contributed by atoms with Gasteiger partial charge in [0.15, 0.2) is 6.54 Å². The summed E-state index contributed by atoms with van der Waals surface area (Å²) in [4.78, 5) is 14.2. The van der Waals surface area contributed by atoms with E-state index in [9.17, 15) is 4.79 Å². The Hall–Kier alpha value is -2.92. The SMILES string of the molecule is Cc1ccc(-n2nc(C)c(NC(=O)C[NH+]3CCC(Cc4ccccc4)CC3)c2C)cc1. The normalized spacial score (nSPS) is 18.7. The first-order valence-electron chi connectivity index (χ1n) is 11.3. The molecule has 0 unspecified atom stereocenters. The quantitative estimate of drug-likeness (QED) is 0.647. The van der Waals surface area contributed by atoms with Crippen molar-refractivity contribution in [2.24, 2.45) is 5.92 Å². The van der Waals surface area contributed by atoms with E-state index in [1.807, 2.05) is 18.5 Å². The second-order valence-corrected chi connectivity index (χ2v) is 8.90. The molecule has 5 heteroatoms. The Bertz CT molecular complexity index is 1020. The molecule has 1 aliphatic rings. The largest absolute Gasteiger partial charge is 0.327 e. The number of likely N-dealkylation sites (tertiary alicyclic amines) is 1. The van der Waals surface area contributed by atoms with Gasteiger partial charge in [0.25, 0.3) is 5.91 Å². The Labute approximate surface area is 185 Å². The van der Waals surface area contributed by atoms with Gasteiger partial charge < -0.3 is 10.2 Å². The molecule has 2 N–H and O–H groups in total. The third kappa shape index (κ3) is 5.23. The number of aryl methyl sites for hydroxylation is 2. The van der Waals surface area contributed by atoms with Crippen LogP contribution >= 0.6 is 0 Å². The zero-order valence-corrected chi connectivity index (χ0v) is 18.8. The van der Waals surface area contributed by atoms with E-state index in [-0.39, 0.29) is 5.91 Å². The molecule has 0 spiro atoms. The van der Waals surface area contributed by atoms with Crippen LogP contribution in [0.3, 0.4) is 0 Å². The van der Waals surface area contributed by atoms with Gasteiger partial charge in [-0.1, -0.05) is 48.0 Å². The lowest BCUT2D eigenvalue weighted by atomic mass is 9.90. The summed E-state index contributed by atoms with van der Waals surface area (Å²) in [6.45, 7) is 8.68.